The van der Waals surface area contributed by atoms with Gasteiger partial charge in [-0.2, -0.15) is 11.8 Å². The van der Waals surface area contributed by atoms with E-state index in [1.165, 1.54) is 0 Å². The molecule has 4 nitrogen and oxygen atoms in total. The van der Waals surface area contributed by atoms with E-state index in [1.807, 2.05) is 18.7 Å². The number of rotatable bonds is 5. The van der Waals surface area contributed by atoms with Gasteiger partial charge in [0.15, 0.2) is 0 Å². The van der Waals surface area contributed by atoms with E-state index in [4.69, 9.17) is 11.6 Å². The maximum atomic E-state index is 12.3. The van der Waals surface area contributed by atoms with Crippen LogP contribution in [-0.2, 0) is 0 Å². The number of anilines is 1. The number of aromatic nitrogens is 1. The molecule has 6 heteroatoms. The Hall–Kier alpha value is -0.940. The van der Waals surface area contributed by atoms with E-state index in [9.17, 15) is 4.79 Å². The van der Waals surface area contributed by atoms with Crippen LogP contribution in [-0.4, -0.2) is 35.0 Å². The average Bonchev–Trinajstić information content (AvgIpc) is 2.88. The van der Waals surface area contributed by atoms with Crippen LogP contribution in [0.25, 0.3) is 0 Å². The van der Waals surface area contributed by atoms with Gasteiger partial charge in [0.05, 0.1) is 5.02 Å². The minimum Gasteiger partial charge on any atom is -0.370 e. The molecule has 2 rings (SSSR count). The molecule has 0 aromatic carbocycles. The number of hydrogen-bond donors (Lipinski definition) is 2. The normalized spacial score (nSPS) is 21.8. The molecular formula is C14H20ClN3OS. The van der Waals surface area contributed by atoms with Crippen molar-refractivity contribution in [1.29, 1.82) is 0 Å². The molecule has 2 N–H and O–H groups in total. The molecule has 0 bridgehead atoms. The number of carbonyl (C=O) groups excluding carboxylic acids is 1. The predicted octanol–water partition coefficient (Wildman–Crippen LogP) is 3.18. The van der Waals surface area contributed by atoms with Gasteiger partial charge >= 0.3 is 0 Å². The second kappa shape index (κ2) is 7.18. The summed E-state index contributed by atoms with van der Waals surface area (Å²) in [6.07, 6.45) is 5.33. The first kappa shape index (κ1) is 15.4. The van der Waals surface area contributed by atoms with Gasteiger partial charge in [-0.3, -0.25) is 4.79 Å². The monoisotopic (exact) mass is 313 g/mol. The highest BCUT2D eigenvalue weighted by Crippen LogP contribution is 2.28. The van der Waals surface area contributed by atoms with Gasteiger partial charge in [-0.1, -0.05) is 11.6 Å². The lowest BCUT2D eigenvalue weighted by Crippen LogP contribution is -2.34. The standard InChI is InChI=1S/C14H20ClN3OS/c1-3-16-12-7-6-11(15)13(18-12)14(19)17-9-4-5-10(8-9)20-2/h6-7,9-10H,3-5,8H2,1-2H3,(H,16,18)(H,17,19). The van der Waals surface area contributed by atoms with Gasteiger partial charge in [-0.25, -0.2) is 4.98 Å². The molecule has 0 spiro atoms. The van der Waals surface area contributed by atoms with Gasteiger partial charge in [0.25, 0.3) is 5.91 Å². The summed E-state index contributed by atoms with van der Waals surface area (Å²) in [6, 6.07) is 3.73. The Morgan fingerprint density at radius 3 is 2.95 bits per heavy atom. The summed E-state index contributed by atoms with van der Waals surface area (Å²) in [5, 5.41) is 7.17. The van der Waals surface area contributed by atoms with E-state index in [0.717, 1.165) is 25.8 Å². The Labute approximate surface area is 129 Å². The maximum absolute atomic E-state index is 12.3. The van der Waals surface area contributed by atoms with Crippen molar-refractivity contribution >= 4 is 35.1 Å². The molecule has 0 radical (unpaired) electrons. The highest BCUT2D eigenvalue weighted by Gasteiger charge is 2.26. The number of nitrogens with zero attached hydrogens (tertiary/aromatic N) is 1. The molecule has 2 atom stereocenters. The Morgan fingerprint density at radius 1 is 1.50 bits per heavy atom. The van der Waals surface area contributed by atoms with Crippen molar-refractivity contribution in [2.75, 3.05) is 18.1 Å². The zero-order valence-corrected chi connectivity index (χ0v) is 13.4. The molecule has 0 aliphatic heterocycles. The van der Waals surface area contributed by atoms with Gasteiger partial charge < -0.3 is 10.6 Å². The highest BCUT2D eigenvalue weighted by atomic mass is 35.5. The average molecular weight is 314 g/mol. The van der Waals surface area contributed by atoms with Crippen molar-refractivity contribution in [2.45, 2.75) is 37.5 Å². The fraction of sp³-hybridized carbons (Fsp3) is 0.571. The first-order valence-electron chi connectivity index (χ1n) is 6.88. The minimum absolute atomic E-state index is 0.179. The number of halogens is 1. The second-order valence-corrected chi connectivity index (χ2v) is 6.44. The molecule has 1 saturated carbocycles. The molecule has 1 aliphatic carbocycles. The van der Waals surface area contributed by atoms with Crippen LogP contribution in [0.4, 0.5) is 5.82 Å². The zero-order valence-electron chi connectivity index (χ0n) is 11.8. The summed E-state index contributed by atoms with van der Waals surface area (Å²) in [7, 11) is 0. The topological polar surface area (TPSA) is 54.0 Å². The molecule has 0 saturated heterocycles. The molecule has 1 fully saturated rings. The molecular weight excluding hydrogens is 294 g/mol. The molecule has 2 unspecified atom stereocenters. The van der Waals surface area contributed by atoms with Gasteiger partial charge in [0, 0.05) is 17.8 Å². The number of pyridine rings is 1. The molecule has 1 heterocycles. The van der Waals surface area contributed by atoms with Crippen LogP contribution in [0.5, 0.6) is 0 Å². The summed E-state index contributed by atoms with van der Waals surface area (Å²) in [5.41, 5.74) is 0.303. The van der Waals surface area contributed by atoms with Crippen molar-refractivity contribution in [2.24, 2.45) is 0 Å². The van der Waals surface area contributed by atoms with Crippen molar-refractivity contribution in [3.8, 4) is 0 Å². The fourth-order valence-electron chi connectivity index (χ4n) is 2.42. The lowest BCUT2D eigenvalue weighted by Gasteiger charge is -2.13. The van der Waals surface area contributed by atoms with Crippen LogP contribution < -0.4 is 10.6 Å². The Kier molecular flexibility index (Phi) is 5.54. The smallest absolute Gasteiger partial charge is 0.271 e. The third-order valence-corrected chi connectivity index (χ3v) is 4.87. The highest BCUT2D eigenvalue weighted by molar-refractivity contribution is 7.99. The predicted molar refractivity (Wildman–Crippen MR) is 85.8 cm³/mol. The number of carbonyl (C=O) groups is 1. The first-order chi connectivity index (χ1) is 9.63. The Morgan fingerprint density at radius 2 is 2.30 bits per heavy atom. The minimum atomic E-state index is -0.179. The van der Waals surface area contributed by atoms with Crippen molar-refractivity contribution in [3.63, 3.8) is 0 Å². The number of amides is 1. The van der Waals surface area contributed by atoms with E-state index in [1.54, 1.807) is 12.1 Å². The lowest BCUT2D eigenvalue weighted by molar-refractivity contribution is 0.0933. The summed E-state index contributed by atoms with van der Waals surface area (Å²) >= 11 is 7.95. The summed E-state index contributed by atoms with van der Waals surface area (Å²) in [5.74, 6) is 0.497. The third-order valence-electron chi connectivity index (χ3n) is 3.47. The Balaban J connectivity index is 2.03. The zero-order chi connectivity index (χ0) is 14.5. The quantitative estimate of drug-likeness (QED) is 0.876. The first-order valence-corrected chi connectivity index (χ1v) is 8.54. The largest absolute Gasteiger partial charge is 0.370 e. The van der Waals surface area contributed by atoms with E-state index >= 15 is 0 Å². The van der Waals surface area contributed by atoms with E-state index < -0.39 is 0 Å². The van der Waals surface area contributed by atoms with E-state index in [2.05, 4.69) is 21.9 Å². The van der Waals surface area contributed by atoms with Crippen LogP contribution in [0.1, 0.15) is 36.7 Å². The number of hydrogen-bond acceptors (Lipinski definition) is 4. The molecule has 1 aliphatic rings. The molecule has 1 aromatic heterocycles. The van der Waals surface area contributed by atoms with E-state index in [0.29, 0.717) is 21.8 Å². The van der Waals surface area contributed by atoms with Crippen molar-refractivity contribution in [3.05, 3.63) is 22.8 Å². The van der Waals surface area contributed by atoms with Crippen molar-refractivity contribution < 1.29 is 4.79 Å². The fourth-order valence-corrected chi connectivity index (χ4v) is 3.41. The van der Waals surface area contributed by atoms with E-state index in [-0.39, 0.29) is 11.9 Å². The lowest BCUT2D eigenvalue weighted by atomic mass is 10.2. The van der Waals surface area contributed by atoms with Crippen molar-refractivity contribution in [1.82, 2.24) is 10.3 Å². The van der Waals surface area contributed by atoms with Crippen LogP contribution in [0.3, 0.4) is 0 Å². The van der Waals surface area contributed by atoms with Crippen LogP contribution in [0.2, 0.25) is 5.02 Å². The molecule has 20 heavy (non-hydrogen) atoms. The SMILES string of the molecule is CCNc1ccc(Cl)c(C(=O)NC2CCC(SC)C2)n1. The van der Waals surface area contributed by atoms with Crippen LogP contribution in [0.15, 0.2) is 12.1 Å². The van der Waals surface area contributed by atoms with Gasteiger partial charge in [-0.15, -0.1) is 0 Å². The summed E-state index contributed by atoms with van der Waals surface area (Å²) in [4.78, 5) is 16.6. The third kappa shape index (κ3) is 3.79. The van der Waals surface area contributed by atoms with Gasteiger partial charge in [0.1, 0.15) is 11.5 Å². The molecule has 110 valence electrons. The maximum Gasteiger partial charge on any atom is 0.271 e. The van der Waals surface area contributed by atoms with Gasteiger partial charge in [-0.05, 0) is 44.6 Å². The second-order valence-electron chi connectivity index (χ2n) is 4.90. The Bertz CT molecular complexity index is 483. The summed E-state index contributed by atoms with van der Waals surface area (Å²) in [6.45, 7) is 2.74. The number of thioether (sulfide) groups is 1. The van der Waals surface area contributed by atoms with Crippen LogP contribution >= 0.6 is 23.4 Å². The number of nitrogens with one attached hydrogen (secondary N) is 2. The van der Waals surface area contributed by atoms with Crippen LogP contribution in [0, 0.1) is 0 Å². The molecule has 1 aromatic rings. The summed E-state index contributed by atoms with van der Waals surface area (Å²) < 4.78 is 0. The molecule has 1 amide bonds. The van der Waals surface area contributed by atoms with Gasteiger partial charge in [0.2, 0.25) is 0 Å².